The number of benzene rings is 1. The van der Waals surface area contributed by atoms with Crippen molar-refractivity contribution in [2.45, 2.75) is 18.7 Å². The van der Waals surface area contributed by atoms with E-state index in [0.29, 0.717) is 17.2 Å². The van der Waals surface area contributed by atoms with E-state index in [1.807, 2.05) is 42.3 Å². The van der Waals surface area contributed by atoms with E-state index in [1.54, 1.807) is 26.0 Å². The molecule has 0 saturated carbocycles. The maximum Gasteiger partial charge on any atom is 0.267 e. The largest absolute Gasteiger partial charge is 0.360 e. The average molecular weight is 358 g/mol. The topological polar surface area (TPSA) is 88.3 Å². The zero-order valence-corrected chi connectivity index (χ0v) is 14.9. The first-order valence-corrected chi connectivity index (χ1v) is 9.07. The Labute approximate surface area is 146 Å². The molecule has 0 unspecified atom stereocenters. The first kappa shape index (κ1) is 17.0. The highest BCUT2D eigenvalue weighted by Crippen LogP contribution is 2.25. The van der Waals surface area contributed by atoms with E-state index in [9.17, 15) is 8.42 Å². The standard InChI is InChI=1S/C17H18N4O3S/c1-12-17(13(2)24-19-12)25(22,23)20-14-9-10-16(18-11-14)21(3)15-7-5-4-6-8-15/h4-11,20H,1-3H3. The van der Waals surface area contributed by atoms with Gasteiger partial charge in [-0.1, -0.05) is 23.4 Å². The van der Waals surface area contributed by atoms with Gasteiger partial charge in [0.25, 0.3) is 10.0 Å². The number of aryl methyl sites for hydroxylation is 2. The molecular weight excluding hydrogens is 340 g/mol. The number of anilines is 3. The Morgan fingerprint density at radius 1 is 1.08 bits per heavy atom. The lowest BCUT2D eigenvalue weighted by atomic mass is 10.3. The number of para-hydroxylation sites is 1. The lowest BCUT2D eigenvalue weighted by Gasteiger charge is -2.18. The fourth-order valence-electron chi connectivity index (χ4n) is 2.49. The average Bonchev–Trinajstić information content (AvgIpc) is 2.95. The molecule has 3 rings (SSSR count). The Hall–Kier alpha value is -2.87. The summed E-state index contributed by atoms with van der Waals surface area (Å²) in [4.78, 5) is 6.29. The third kappa shape index (κ3) is 3.48. The molecule has 3 aromatic rings. The molecule has 0 aliphatic rings. The second-order valence-electron chi connectivity index (χ2n) is 5.56. The Kier molecular flexibility index (Phi) is 4.45. The molecule has 0 aliphatic heterocycles. The Morgan fingerprint density at radius 2 is 1.80 bits per heavy atom. The summed E-state index contributed by atoms with van der Waals surface area (Å²) in [5.74, 6) is 0.949. The fourth-order valence-corrected chi connectivity index (χ4v) is 3.87. The summed E-state index contributed by atoms with van der Waals surface area (Å²) in [6.07, 6.45) is 1.48. The highest BCUT2D eigenvalue weighted by Gasteiger charge is 2.24. The molecule has 0 spiro atoms. The monoisotopic (exact) mass is 358 g/mol. The molecule has 1 aromatic carbocycles. The second kappa shape index (κ2) is 6.56. The predicted molar refractivity (Wildman–Crippen MR) is 95.5 cm³/mol. The van der Waals surface area contributed by atoms with Crippen LogP contribution in [0.5, 0.6) is 0 Å². The summed E-state index contributed by atoms with van der Waals surface area (Å²) in [5, 5.41) is 3.68. The van der Waals surface area contributed by atoms with Crippen molar-refractivity contribution in [2.24, 2.45) is 0 Å². The molecule has 0 fully saturated rings. The van der Waals surface area contributed by atoms with Gasteiger partial charge >= 0.3 is 0 Å². The van der Waals surface area contributed by atoms with Crippen molar-refractivity contribution in [1.29, 1.82) is 0 Å². The second-order valence-corrected chi connectivity index (χ2v) is 7.18. The van der Waals surface area contributed by atoms with Crippen LogP contribution in [0.15, 0.2) is 58.1 Å². The van der Waals surface area contributed by atoms with Crippen molar-refractivity contribution in [3.63, 3.8) is 0 Å². The van der Waals surface area contributed by atoms with Gasteiger partial charge in [0.05, 0.1) is 11.9 Å². The normalized spacial score (nSPS) is 11.3. The number of hydrogen-bond donors (Lipinski definition) is 1. The SMILES string of the molecule is Cc1noc(C)c1S(=O)(=O)Nc1ccc(N(C)c2ccccc2)nc1. The van der Waals surface area contributed by atoms with Gasteiger partial charge in [-0.15, -0.1) is 0 Å². The molecule has 8 heteroatoms. The maximum absolute atomic E-state index is 12.5. The van der Waals surface area contributed by atoms with E-state index in [-0.39, 0.29) is 10.7 Å². The maximum atomic E-state index is 12.5. The first-order valence-electron chi connectivity index (χ1n) is 7.59. The summed E-state index contributed by atoms with van der Waals surface area (Å²) >= 11 is 0. The van der Waals surface area contributed by atoms with Crippen LogP contribution in [0.4, 0.5) is 17.2 Å². The van der Waals surface area contributed by atoms with Crippen molar-refractivity contribution >= 4 is 27.2 Å². The molecule has 0 bridgehead atoms. The summed E-state index contributed by atoms with van der Waals surface area (Å²) in [7, 11) is -1.88. The zero-order valence-electron chi connectivity index (χ0n) is 14.1. The minimum absolute atomic E-state index is 0.0537. The van der Waals surface area contributed by atoms with Crippen LogP contribution in [0, 0.1) is 13.8 Å². The summed E-state index contributed by atoms with van der Waals surface area (Å²) < 4.78 is 32.4. The molecule has 1 N–H and O–H groups in total. The molecule has 7 nitrogen and oxygen atoms in total. The molecule has 0 atom stereocenters. The number of rotatable bonds is 5. The summed E-state index contributed by atoms with van der Waals surface area (Å²) in [6, 6.07) is 13.2. The van der Waals surface area contributed by atoms with Crippen LogP contribution in [0.1, 0.15) is 11.5 Å². The number of pyridine rings is 1. The molecular formula is C17H18N4O3S. The van der Waals surface area contributed by atoms with Crippen molar-refractivity contribution < 1.29 is 12.9 Å². The highest BCUT2D eigenvalue weighted by atomic mass is 32.2. The van der Waals surface area contributed by atoms with Crippen LogP contribution in [0.2, 0.25) is 0 Å². The van der Waals surface area contributed by atoms with Gasteiger partial charge in [0.15, 0.2) is 10.7 Å². The van der Waals surface area contributed by atoms with Crippen LogP contribution in [-0.2, 0) is 10.0 Å². The van der Waals surface area contributed by atoms with E-state index in [0.717, 1.165) is 5.69 Å². The Balaban J connectivity index is 1.81. The van der Waals surface area contributed by atoms with Crippen LogP contribution in [-0.4, -0.2) is 25.6 Å². The number of aromatic nitrogens is 2. The molecule has 0 radical (unpaired) electrons. The minimum Gasteiger partial charge on any atom is -0.360 e. The molecule has 2 aromatic heterocycles. The molecule has 0 aliphatic carbocycles. The third-order valence-corrected chi connectivity index (χ3v) is 5.35. The van der Waals surface area contributed by atoms with Crippen LogP contribution < -0.4 is 9.62 Å². The third-order valence-electron chi connectivity index (χ3n) is 3.72. The zero-order chi connectivity index (χ0) is 18.0. The van der Waals surface area contributed by atoms with Crippen molar-refractivity contribution in [1.82, 2.24) is 10.1 Å². The number of nitrogens with zero attached hydrogens (tertiary/aromatic N) is 3. The van der Waals surface area contributed by atoms with E-state index in [4.69, 9.17) is 4.52 Å². The first-order chi connectivity index (χ1) is 11.9. The summed E-state index contributed by atoms with van der Waals surface area (Å²) in [5.41, 5.74) is 1.67. The lowest BCUT2D eigenvalue weighted by Crippen LogP contribution is -2.15. The van der Waals surface area contributed by atoms with Gasteiger partial charge in [-0.05, 0) is 38.1 Å². The van der Waals surface area contributed by atoms with Gasteiger partial charge in [-0.3, -0.25) is 4.72 Å². The molecule has 130 valence electrons. The van der Waals surface area contributed by atoms with Crippen molar-refractivity contribution in [3.8, 4) is 0 Å². The van der Waals surface area contributed by atoms with Gasteiger partial charge in [0, 0.05) is 12.7 Å². The van der Waals surface area contributed by atoms with Crippen molar-refractivity contribution in [3.05, 3.63) is 60.1 Å². The number of nitrogens with one attached hydrogen (secondary N) is 1. The van der Waals surface area contributed by atoms with Gasteiger partial charge in [0.2, 0.25) is 0 Å². The fraction of sp³-hybridized carbons (Fsp3) is 0.176. The quantitative estimate of drug-likeness (QED) is 0.753. The van der Waals surface area contributed by atoms with Gasteiger partial charge in [-0.25, -0.2) is 13.4 Å². The summed E-state index contributed by atoms with van der Waals surface area (Å²) in [6.45, 7) is 3.14. The van der Waals surface area contributed by atoms with E-state index < -0.39 is 10.0 Å². The lowest BCUT2D eigenvalue weighted by molar-refractivity contribution is 0.390. The number of sulfonamides is 1. The van der Waals surface area contributed by atoms with Crippen LogP contribution in [0.25, 0.3) is 0 Å². The minimum atomic E-state index is -3.78. The van der Waals surface area contributed by atoms with E-state index in [1.165, 1.54) is 6.20 Å². The van der Waals surface area contributed by atoms with Gasteiger partial charge < -0.3 is 9.42 Å². The molecule has 0 saturated heterocycles. The van der Waals surface area contributed by atoms with Gasteiger partial charge in [0.1, 0.15) is 11.5 Å². The van der Waals surface area contributed by atoms with Crippen LogP contribution in [0.3, 0.4) is 0 Å². The Bertz CT molecular complexity index is 947. The molecule has 2 heterocycles. The van der Waals surface area contributed by atoms with Crippen LogP contribution >= 0.6 is 0 Å². The molecule has 0 amide bonds. The van der Waals surface area contributed by atoms with E-state index in [2.05, 4.69) is 14.9 Å². The van der Waals surface area contributed by atoms with Crippen molar-refractivity contribution in [2.75, 3.05) is 16.7 Å². The van der Waals surface area contributed by atoms with E-state index >= 15 is 0 Å². The highest BCUT2D eigenvalue weighted by molar-refractivity contribution is 7.92. The van der Waals surface area contributed by atoms with Gasteiger partial charge in [-0.2, -0.15) is 0 Å². The Morgan fingerprint density at radius 3 is 2.36 bits per heavy atom. The smallest absolute Gasteiger partial charge is 0.267 e. The number of hydrogen-bond acceptors (Lipinski definition) is 6. The predicted octanol–water partition coefficient (Wildman–Crippen LogP) is 3.26. The molecule has 25 heavy (non-hydrogen) atoms.